The predicted molar refractivity (Wildman–Crippen MR) is 85.2 cm³/mol. The molecule has 0 bridgehead atoms. The van der Waals surface area contributed by atoms with Gasteiger partial charge in [-0.15, -0.1) is 0 Å². The monoisotopic (exact) mass is 278 g/mol. The lowest BCUT2D eigenvalue weighted by Crippen LogP contribution is -2.03. The lowest BCUT2D eigenvalue weighted by molar-refractivity contribution is 0.157. The van der Waals surface area contributed by atoms with E-state index in [1.807, 2.05) is 24.3 Å². The number of aliphatic hydroxyl groups excluding tert-OH is 1. The van der Waals surface area contributed by atoms with E-state index in [0.29, 0.717) is 6.61 Å². The van der Waals surface area contributed by atoms with Crippen molar-refractivity contribution >= 4 is 0 Å². The molecular formula is C18H30O2. The van der Waals surface area contributed by atoms with Crippen molar-refractivity contribution in [1.82, 2.24) is 0 Å². The first kappa shape index (κ1) is 17.0. The molecule has 1 unspecified atom stereocenters. The molecule has 0 heterocycles. The van der Waals surface area contributed by atoms with Gasteiger partial charge >= 0.3 is 0 Å². The zero-order chi connectivity index (χ0) is 14.6. The first-order valence-electron chi connectivity index (χ1n) is 8.19. The molecule has 0 aliphatic rings. The smallest absolute Gasteiger partial charge is 0.125 e. The third-order valence-electron chi connectivity index (χ3n) is 3.57. The van der Waals surface area contributed by atoms with Crippen LogP contribution in [0.15, 0.2) is 24.3 Å². The summed E-state index contributed by atoms with van der Waals surface area (Å²) in [5, 5.41) is 10.3. The van der Waals surface area contributed by atoms with Crippen LogP contribution >= 0.6 is 0 Å². The Hall–Kier alpha value is -1.02. The topological polar surface area (TPSA) is 29.5 Å². The molecule has 0 aliphatic carbocycles. The van der Waals surface area contributed by atoms with Gasteiger partial charge < -0.3 is 9.84 Å². The zero-order valence-electron chi connectivity index (χ0n) is 13.1. The molecule has 0 fully saturated rings. The molecule has 0 aromatic heterocycles. The molecule has 2 nitrogen and oxygen atoms in total. The minimum absolute atomic E-state index is 0.394. The highest BCUT2D eigenvalue weighted by Crippen LogP contribution is 2.28. The molecule has 2 heteroatoms. The normalized spacial score (nSPS) is 12.3. The van der Waals surface area contributed by atoms with Crippen molar-refractivity contribution in [2.45, 2.75) is 71.3 Å². The summed E-state index contributed by atoms with van der Waals surface area (Å²) in [4.78, 5) is 0. The highest BCUT2D eigenvalue weighted by atomic mass is 16.5. The van der Waals surface area contributed by atoms with E-state index in [4.69, 9.17) is 4.74 Å². The SMILES string of the molecule is CCCCCCCCC(O)c1ccccc1OCCC. The molecule has 0 aliphatic heterocycles. The molecule has 20 heavy (non-hydrogen) atoms. The molecule has 0 amide bonds. The number of rotatable bonds is 11. The van der Waals surface area contributed by atoms with Gasteiger partial charge in [0.2, 0.25) is 0 Å². The van der Waals surface area contributed by atoms with Crippen LogP contribution in [0.5, 0.6) is 5.75 Å². The quantitative estimate of drug-likeness (QED) is 0.559. The van der Waals surface area contributed by atoms with Crippen molar-refractivity contribution in [3.8, 4) is 5.75 Å². The summed E-state index contributed by atoms with van der Waals surface area (Å²) in [5.41, 5.74) is 0.939. The lowest BCUT2D eigenvalue weighted by atomic mass is 10.0. The minimum atomic E-state index is -0.394. The van der Waals surface area contributed by atoms with Crippen molar-refractivity contribution in [1.29, 1.82) is 0 Å². The van der Waals surface area contributed by atoms with E-state index in [2.05, 4.69) is 13.8 Å². The fraction of sp³-hybridized carbons (Fsp3) is 0.667. The highest BCUT2D eigenvalue weighted by molar-refractivity contribution is 5.35. The van der Waals surface area contributed by atoms with Crippen molar-refractivity contribution in [2.75, 3.05) is 6.61 Å². The van der Waals surface area contributed by atoms with E-state index in [0.717, 1.165) is 30.6 Å². The summed E-state index contributed by atoms with van der Waals surface area (Å²) in [7, 11) is 0. The summed E-state index contributed by atoms with van der Waals surface area (Å²) < 4.78 is 5.71. The fourth-order valence-electron chi connectivity index (χ4n) is 2.37. The third kappa shape index (κ3) is 6.42. The summed E-state index contributed by atoms with van der Waals surface area (Å²) in [5.74, 6) is 0.841. The number of unbranched alkanes of at least 4 members (excludes halogenated alkanes) is 5. The predicted octanol–water partition coefficient (Wildman–Crippen LogP) is 5.26. The summed E-state index contributed by atoms with van der Waals surface area (Å²) in [6.45, 7) is 5.03. The Kier molecular flexibility index (Phi) is 9.14. The second-order valence-electron chi connectivity index (χ2n) is 5.46. The fourth-order valence-corrected chi connectivity index (χ4v) is 2.37. The van der Waals surface area contributed by atoms with Crippen LogP contribution in [0.25, 0.3) is 0 Å². The number of ether oxygens (including phenoxy) is 1. The van der Waals surface area contributed by atoms with Crippen LogP contribution in [0.4, 0.5) is 0 Å². The molecule has 0 saturated carbocycles. The van der Waals surface area contributed by atoms with Gasteiger partial charge in [-0.2, -0.15) is 0 Å². The van der Waals surface area contributed by atoms with Crippen LogP contribution < -0.4 is 4.74 Å². The van der Waals surface area contributed by atoms with E-state index in [1.165, 1.54) is 32.1 Å². The molecule has 1 N–H and O–H groups in total. The zero-order valence-corrected chi connectivity index (χ0v) is 13.1. The van der Waals surface area contributed by atoms with Gasteiger partial charge in [0.05, 0.1) is 12.7 Å². The Morgan fingerprint density at radius 3 is 2.40 bits per heavy atom. The van der Waals surface area contributed by atoms with E-state index in [-0.39, 0.29) is 0 Å². The Morgan fingerprint density at radius 2 is 1.65 bits per heavy atom. The van der Waals surface area contributed by atoms with Crippen molar-refractivity contribution in [3.63, 3.8) is 0 Å². The third-order valence-corrected chi connectivity index (χ3v) is 3.57. The first-order valence-corrected chi connectivity index (χ1v) is 8.19. The largest absolute Gasteiger partial charge is 0.493 e. The maximum Gasteiger partial charge on any atom is 0.125 e. The molecule has 1 rings (SSSR count). The Labute approximate surface area is 124 Å². The number of para-hydroxylation sites is 1. The minimum Gasteiger partial charge on any atom is -0.493 e. The van der Waals surface area contributed by atoms with Crippen LogP contribution in [-0.4, -0.2) is 11.7 Å². The second-order valence-corrected chi connectivity index (χ2v) is 5.46. The van der Waals surface area contributed by atoms with Gasteiger partial charge in [0.1, 0.15) is 5.75 Å². The van der Waals surface area contributed by atoms with Gasteiger partial charge in [-0.1, -0.05) is 70.6 Å². The lowest BCUT2D eigenvalue weighted by Gasteiger charge is -2.16. The van der Waals surface area contributed by atoms with E-state index < -0.39 is 6.10 Å². The van der Waals surface area contributed by atoms with Crippen LogP contribution in [-0.2, 0) is 0 Å². The van der Waals surface area contributed by atoms with Gasteiger partial charge in [-0.3, -0.25) is 0 Å². The summed E-state index contributed by atoms with van der Waals surface area (Å²) >= 11 is 0. The number of hydrogen-bond donors (Lipinski definition) is 1. The van der Waals surface area contributed by atoms with Crippen LogP contribution in [0.2, 0.25) is 0 Å². The molecular weight excluding hydrogens is 248 g/mol. The van der Waals surface area contributed by atoms with E-state index in [9.17, 15) is 5.11 Å². The molecule has 1 aromatic carbocycles. The standard InChI is InChI=1S/C18H30O2/c1-3-5-6-7-8-9-13-17(19)16-12-10-11-14-18(16)20-15-4-2/h10-12,14,17,19H,3-9,13,15H2,1-2H3. The number of aliphatic hydroxyl groups is 1. The maximum atomic E-state index is 10.3. The van der Waals surface area contributed by atoms with E-state index >= 15 is 0 Å². The number of benzene rings is 1. The van der Waals surface area contributed by atoms with Gasteiger partial charge in [0.25, 0.3) is 0 Å². The summed E-state index contributed by atoms with van der Waals surface area (Å²) in [6.07, 6.45) is 8.95. The number of hydrogen-bond acceptors (Lipinski definition) is 2. The molecule has 0 radical (unpaired) electrons. The maximum absolute atomic E-state index is 10.3. The van der Waals surface area contributed by atoms with Crippen molar-refractivity contribution in [3.05, 3.63) is 29.8 Å². The van der Waals surface area contributed by atoms with Crippen molar-refractivity contribution in [2.24, 2.45) is 0 Å². The average molecular weight is 278 g/mol. The van der Waals surface area contributed by atoms with Gasteiger partial charge in [-0.05, 0) is 18.9 Å². The van der Waals surface area contributed by atoms with Gasteiger partial charge in [0, 0.05) is 5.56 Å². The second kappa shape index (κ2) is 10.7. The van der Waals surface area contributed by atoms with E-state index in [1.54, 1.807) is 0 Å². The first-order chi connectivity index (χ1) is 9.79. The van der Waals surface area contributed by atoms with Crippen LogP contribution in [0, 0.1) is 0 Å². The Morgan fingerprint density at radius 1 is 0.950 bits per heavy atom. The van der Waals surface area contributed by atoms with Gasteiger partial charge in [0.15, 0.2) is 0 Å². The molecule has 0 saturated heterocycles. The van der Waals surface area contributed by atoms with Gasteiger partial charge in [-0.25, -0.2) is 0 Å². The molecule has 1 atom stereocenters. The average Bonchev–Trinajstić information content (AvgIpc) is 2.48. The summed E-state index contributed by atoms with van der Waals surface area (Å²) in [6, 6.07) is 7.87. The Bertz CT molecular complexity index is 349. The molecule has 0 spiro atoms. The van der Waals surface area contributed by atoms with Crippen LogP contribution in [0.1, 0.15) is 76.9 Å². The molecule has 1 aromatic rings. The van der Waals surface area contributed by atoms with Crippen LogP contribution in [0.3, 0.4) is 0 Å². The highest BCUT2D eigenvalue weighted by Gasteiger charge is 2.12. The molecule has 114 valence electrons. The Balaban J connectivity index is 2.36. The van der Waals surface area contributed by atoms with Crippen molar-refractivity contribution < 1.29 is 9.84 Å².